The first-order chi connectivity index (χ1) is 5.20. The first kappa shape index (κ1) is 10.2. The Balaban J connectivity index is 3.53. The van der Waals surface area contributed by atoms with Gasteiger partial charge in [-0.15, -0.1) is 0 Å². The Labute approximate surface area is 69.1 Å². The summed E-state index contributed by atoms with van der Waals surface area (Å²) in [7, 11) is 2.02. The van der Waals surface area contributed by atoms with Crippen molar-refractivity contribution >= 4 is 0 Å². The van der Waals surface area contributed by atoms with Gasteiger partial charge in [0.25, 0.3) is 0 Å². The summed E-state index contributed by atoms with van der Waals surface area (Å²) in [5.74, 6) is 0.130. The van der Waals surface area contributed by atoms with Gasteiger partial charge in [-0.05, 0) is 20.9 Å². The van der Waals surface area contributed by atoms with Gasteiger partial charge in [0.15, 0.2) is 0 Å². The van der Waals surface area contributed by atoms with E-state index in [1.54, 1.807) is 0 Å². The molecule has 0 aromatic rings. The second kappa shape index (κ2) is 5.94. The predicted octanol–water partition coefficient (Wildman–Crippen LogP) is 1.65. The zero-order valence-corrected chi connectivity index (χ0v) is 7.54. The highest BCUT2D eigenvalue weighted by Gasteiger charge is 2.01. The molecule has 0 aromatic carbocycles. The lowest BCUT2D eigenvalue weighted by Gasteiger charge is -2.14. The van der Waals surface area contributed by atoms with E-state index in [1.807, 2.05) is 27.0 Å². The third kappa shape index (κ3) is 5.63. The Bertz CT molecular complexity index is 155. The number of nitrogens with zero attached hydrogens (tertiary/aromatic N) is 2. The van der Waals surface area contributed by atoms with Crippen LogP contribution >= 0.6 is 0 Å². The fourth-order valence-electron chi connectivity index (χ4n) is 0.868. The minimum Gasteiger partial charge on any atom is -0.301 e. The molecule has 0 aliphatic carbocycles. The lowest BCUT2D eigenvalue weighted by molar-refractivity contribution is 0.342. The molecule has 0 bridgehead atoms. The van der Waals surface area contributed by atoms with Gasteiger partial charge in [-0.3, -0.25) is 0 Å². The molecular weight excluding hydrogens is 136 g/mol. The lowest BCUT2D eigenvalue weighted by Crippen LogP contribution is -2.23. The van der Waals surface area contributed by atoms with E-state index in [4.69, 9.17) is 5.26 Å². The predicted molar refractivity (Wildman–Crippen MR) is 47.1 cm³/mol. The molecule has 0 heterocycles. The maximum atomic E-state index is 8.51. The molecule has 11 heavy (non-hydrogen) atoms. The van der Waals surface area contributed by atoms with Crippen LogP contribution in [0.15, 0.2) is 12.2 Å². The number of hydrogen-bond donors (Lipinski definition) is 0. The van der Waals surface area contributed by atoms with Crippen molar-refractivity contribution in [1.82, 2.24) is 4.90 Å². The van der Waals surface area contributed by atoms with E-state index in [1.165, 1.54) is 0 Å². The van der Waals surface area contributed by atoms with E-state index >= 15 is 0 Å². The summed E-state index contributed by atoms with van der Waals surface area (Å²) in [4.78, 5) is 2.13. The van der Waals surface area contributed by atoms with Crippen molar-refractivity contribution in [1.29, 1.82) is 5.26 Å². The van der Waals surface area contributed by atoms with E-state index in [2.05, 4.69) is 17.0 Å². The van der Waals surface area contributed by atoms with E-state index in [-0.39, 0.29) is 5.92 Å². The molecule has 0 N–H and O–H groups in total. The molecule has 0 aromatic heterocycles. The molecule has 1 atom stereocenters. The van der Waals surface area contributed by atoms with Gasteiger partial charge in [-0.2, -0.15) is 5.26 Å². The summed E-state index contributed by atoms with van der Waals surface area (Å²) < 4.78 is 0. The molecule has 0 aliphatic rings. The standard InChI is InChI=1S/C9H16N2/c1-4-5-6-11(3)8-9(2)7-10/h4-5,9H,6,8H2,1-3H3. The molecule has 2 nitrogen and oxygen atoms in total. The van der Waals surface area contributed by atoms with E-state index in [9.17, 15) is 0 Å². The van der Waals surface area contributed by atoms with Crippen molar-refractivity contribution in [2.75, 3.05) is 20.1 Å². The third-order valence-corrected chi connectivity index (χ3v) is 1.46. The molecule has 0 rings (SSSR count). The highest BCUT2D eigenvalue weighted by molar-refractivity contribution is 4.84. The van der Waals surface area contributed by atoms with Gasteiger partial charge in [0.1, 0.15) is 0 Å². The summed E-state index contributed by atoms with van der Waals surface area (Å²) in [5.41, 5.74) is 0. The highest BCUT2D eigenvalue weighted by atomic mass is 15.1. The molecule has 0 fully saturated rings. The van der Waals surface area contributed by atoms with Gasteiger partial charge in [-0.25, -0.2) is 0 Å². The van der Waals surface area contributed by atoms with Crippen LogP contribution in [0.3, 0.4) is 0 Å². The van der Waals surface area contributed by atoms with Gasteiger partial charge in [0, 0.05) is 13.1 Å². The lowest BCUT2D eigenvalue weighted by atomic mass is 10.2. The smallest absolute Gasteiger partial charge is 0.0666 e. The van der Waals surface area contributed by atoms with E-state index < -0.39 is 0 Å². The molecule has 62 valence electrons. The van der Waals surface area contributed by atoms with Crippen LogP contribution in [0, 0.1) is 17.2 Å². The Morgan fingerprint density at radius 2 is 2.27 bits per heavy atom. The van der Waals surface area contributed by atoms with Gasteiger partial charge in [-0.1, -0.05) is 12.2 Å². The second-order valence-electron chi connectivity index (χ2n) is 2.82. The van der Waals surface area contributed by atoms with Crippen molar-refractivity contribution < 1.29 is 0 Å². The van der Waals surface area contributed by atoms with E-state index in [0.717, 1.165) is 13.1 Å². The maximum Gasteiger partial charge on any atom is 0.0666 e. The van der Waals surface area contributed by atoms with Crippen LogP contribution in [-0.4, -0.2) is 25.0 Å². The van der Waals surface area contributed by atoms with Crippen LogP contribution in [0.25, 0.3) is 0 Å². The zero-order valence-electron chi connectivity index (χ0n) is 7.54. The number of likely N-dealkylation sites (N-methyl/N-ethyl adjacent to an activating group) is 1. The third-order valence-electron chi connectivity index (χ3n) is 1.46. The van der Waals surface area contributed by atoms with E-state index in [0.29, 0.717) is 0 Å². The summed E-state index contributed by atoms with van der Waals surface area (Å²) in [6.07, 6.45) is 4.11. The van der Waals surface area contributed by atoms with Gasteiger partial charge >= 0.3 is 0 Å². The maximum absolute atomic E-state index is 8.51. The number of rotatable bonds is 4. The number of hydrogen-bond acceptors (Lipinski definition) is 2. The summed E-state index contributed by atoms with van der Waals surface area (Å²) >= 11 is 0. The first-order valence-corrected chi connectivity index (χ1v) is 3.90. The van der Waals surface area contributed by atoms with Crippen molar-refractivity contribution in [3.05, 3.63) is 12.2 Å². The molecule has 0 saturated carbocycles. The number of nitriles is 1. The summed E-state index contributed by atoms with van der Waals surface area (Å²) in [5, 5.41) is 8.51. The second-order valence-corrected chi connectivity index (χ2v) is 2.82. The number of allylic oxidation sites excluding steroid dienone is 1. The normalized spacial score (nSPS) is 13.7. The van der Waals surface area contributed by atoms with Crippen LogP contribution in [-0.2, 0) is 0 Å². The largest absolute Gasteiger partial charge is 0.301 e. The minimum atomic E-state index is 0.130. The van der Waals surface area contributed by atoms with Crippen LogP contribution in [0.1, 0.15) is 13.8 Å². The molecule has 1 unspecified atom stereocenters. The first-order valence-electron chi connectivity index (χ1n) is 3.90. The van der Waals surface area contributed by atoms with Crippen molar-refractivity contribution in [2.24, 2.45) is 5.92 Å². The van der Waals surface area contributed by atoms with Crippen LogP contribution in [0.4, 0.5) is 0 Å². The fourth-order valence-corrected chi connectivity index (χ4v) is 0.868. The van der Waals surface area contributed by atoms with Gasteiger partial charge in [0.2, 0.25) is 0 Å². The van der Waals surface area contributed by atoms with Crippen molar-refractivity contribution in [3.63, 3.8) is 0 Å². The minimum absolute atomic E-state index is 0.130. The monoisotopic (exact) mass is 152 g/mol. The van der Waals surface area contributed by atoms with Crippen molar-refractivity contribution in [3.8, 4) is 6.07 Å². The molecular formula is C9H16N2. The van der Waals surface area contributed by atoms with Crippen molar-refractivity contribution in [2.45, 2.75) is 13.8 Å². The Morgan fingerprint density at radius 1 is 1.64 bits per heavy atom. The molecule has 0 aliphatic heterocycles. The molecule has 0 saturated heterocycles. The quantitative estimate of drug-likeness (QED) is 0.573. The van der Waals surface area contributed by atoms with Gasteiger partial charge in [0.05, 0.1) is 12.0 Å². The van der Waals surface area contributed by atoms with Crippen LogP contribution in [0.2, 0.25) is 0 Å². The average molecular weight is 152 g/mol. The Kier molecular flexibility index (Phi) is 5.50. The average Bonchev–Trinajstić information content (AvgIpc) is 2.00. The molecule has 0 spiro atoms. The summed E-state index contributed by atoms with van der Waals surface area (Å²) in [6.45, 7) is 5.72. The molecule has 0 radical (unpaired) electrons. The summed E-state index contributed by atoms with van der Waals surface area (Å²) in [6, 6.07) is 2.21. The van der Waals surface area contributed by atoms with Crippen LogP contribution in [0.5, 0.6) is 0 Å². The SMILES string of the molecule is CC=CCN(C)CC(C)C#N. The highest BCUT2D eigenvalue weighted by Crippen LogP contribution is 1.95. The van der Waals surface area contributed by atoms with Crippen LogP contribution < -0.4 is 0 Å². The van der Waals surface area contributed by atoms with Gasteiger partial charge < -0.3 is 4.90 Å². The molecule has 0 amide bonds. The fraction of sp³-hybridized carbons (Fsp3) is 0.667. The zero-order chi connectivity index (χ0) is 8.69. The Hall–Kier alpha value is -0.810. The Morgan fingerprint density at radius 3 is 2.73 bits per heavy atom. The topological polar surface area (TPSA) is 27.0 Å². The molecule has 2 heteroatoms.